The van der Waals surface area contributed by atoms with E-state index in [0.717, 1.165) is 15.3 Å². The maximum absolute atomic E-state index is 5.32. The van der Waals surface area contributed by atoms with E-state index in [2.05, 4.69) is 45.6 Å². The minimum atomic E-state index is 0.555. The molecule has 17 heavy (non-hydrogen) atoms. The molecule has 92 valence electrons. The van der Waals surface area contributed by atoms with Gasteiger partial charge in [0.25, 0.3) is 0 Å². The van der Waals surface area contributed by atoms with Gasteiger partial charge in [0.2, 0.25) is 0 Å². The Labute approximate surface area is 116 Å². The molecule has 0 spiro atoms. The number of hydrogen-bond acceptors (Lipinski definition) is 1. The first-order valence-electron chi connectivity index (χ1n) is 5.99. The Kier molecular flexibility index (Phi) is 4.40. The van der Waals surface area contributed by atoms with Crippen LogP contribution in [0.25, 0.3) is 0 Å². The van der Waals surface area contributed by atoms with Crippen molar-refractivity contribution < 1.29 is 0 Å². The van der Waals surface area contributed by atoms with Crippen molar-refractivity contribution in [3.05, 3.63) is 28.2 Å². The van der Waals surface area contributed by atoms with Crippen molar-refractivity contribution in [1.29, 1.82) is 0 Å². The zero-order valence-electron chi connectivity index (χ0n) is 9.92. The topological polar surface area (TPSA) is 24.1 Å². The van der Waals surface area contributed by atoms with Gasteiger partial charge in [-0.3, -0.25) is 0 Å². The minimum Gasteiger partial charge on any atom is -0.360 e. The molecule has 1 saturated carbocycles. The number of benzene rings is 1. The van der Waals surface area contributed by atoms with E-state index in [1.165, 1.54) is 31.2 Å². The summed E-state index contributed by atoms with van der Waals surface area (Å²) in [6.45, 7) is 2.07. The zero-order chi connectivity index (χ0) is 12.3. The average Bonchev–Trinajstić information content (AvgIpc) is 2.75. The summed E-state index contributed by atoms with van der Waals surface area (Å²) in [5.74, 6) is 0. The number of hydrogen-bond donors (Lipinski definition) is 2. The van der Waals surface area contributed by atoms with Crippen LogP contribution in [-0.2, 0) is 0 Å². The maximum Gasteiger partial charge on any atom is 0.171 e. The van der Waals surface area contributed by atoms with Gasteiger partial charge in [0.05, 0.1) is 5.69 Å². The monoisotopic (exact) mass is 312 g/mol. The van der Waals surface area contributed by atoms with Gasteiger partial charge in [-0.05, 0) is 65.6 Å². The molecule has 0 saturated heterocycles. The number of aryl methyl sites for hydroxylation is 1. The number of thiocarbonyl (C=S) groups is 1. The Hall–Kier alpha value is -0.610. The lowest BCUT2D eigenvalue weighted by atomic mass is 10.2. The Bertz CT molecular complexity index is 414. The summed E-state index contributed by atoms with van der Waals surface area (Å²) in [6.07, 6.45) is 5.09. The quantitative estimate of drug-likeness (QED) is 0.808. The van der Waals surface area contributed by atoms with Crippen LogP contribution < -0.4 is 10.6 Å². The summed E-state index contributed by atoms with van der Waals surface area (Å²) in [5.41, 5.74) is 2.25. The lowest BCUT2D eigenvalue weighted by Crippen LogP contribution is -2.35. The predicted octanol–water partition coefficient (Wildman–Crippen LogP) is 3.99. The predicted molar refractivity (Wildman–Crippen MR) is 80.5 cm³/mol. The van der Waals surface area contributed by atoms with Crippen LogP contribution in [-0.4, -0.2) is 11.2 Å². The fourth-order valence-corrected chi connectivity index (χ4v) is 3.00. The van der Waals surface area contributed by atoms with Crippen LogP contribution in [0.1, 0.15) is 31.2 Å². The zero-order valence-corrected chi connectivity index (χ0v) is 12.3. The van der Waals surface area contributed by atoms with Crippen LogP contribution in [0.4, 0.5) is 5.69 Å². The molecule has 0 heterocycles. The van der Waals surface area contributed by atoms with Crippen LogP contribution in [0.2, 0.25) is 0 Å². The van der Waals surface area contributed by atoms with E-state index in [9.17, 15) is 0 Å². The molecule has 2 rings (SSSR count). The van der Waals surface area contributed by atoms with Gasteiger partial charge in [-0.2, -0.15) is 0 Å². The van der Waals surface area contributed by atoms with Crippen LogP contribution in [0.15, 0.2) is 22.7 Å². The van der Waals surface area contributed by atoms with Crippen molar-refractivity contribution in [2.24, 2.45) is 0 Å². The second-order valence-electron chi connectivity index (χ2n) is 4.56. The molecular weight excluding hydrogens is 296 g/mol. The van der Waals surface area contributed by atoms with Gasteiger partial charge in [0.15, 0.2) is 5.11 Å². The third kappa shape index (κ3) is 3.68. The average molecular weight is 313 g/mol. The van der Waals surface area contributed by atoms with Crippen molar-refractivity contribution >= 4 is 38.9 Å². The molecular formula is C13H17BrN2S. The first kappa shape index (κ1) is 12.8. The Morgan fingerprint density at radius 2 is 2.06 bits per heavy atom. The summed E-state index contributed by atoms with van der Waals surface area (Å²) in [7, 11) is 0. The molecule has 0 amide bonds. The van der Waals surface area contributed by atoms with E-state index in [4.69, 9.17) is 12.2 Å². The van der Waals surface area contributed by atoms with Gasteiger partial charge in [-0.1, -0.05) is 18.9 Å². The highest BCUT2D eigenvalue weighted by Crippen LogP contribution is 2.23. The van der Waals surface area contributed by atoms with E-state index in [1.54, 1.807) is 0 Å². The van der Waals surface area contributed by atoms with Crippen LogP contribution in [0, 0.1) is 6.92 Å². The second-order valence-corrected chi connectivity index (χ2v) is 5.83. The maximum atomic E-state index is 5.32. The molecule has 1 aromatic carbocycles. The van der Waals surface area contributed by atoms with Crippen LogP contribution >= 0.6 is 28.1 Å². The SMILES string of the molecule is Cc1ccc(NC(=S)NC2CCCC2)c(Br)c1. The fraction of sp³-hybridized carbons (Fsp3) is 0.462. The minimum absolute atomic E-state index is 0.555. The Balaban J connectivity index is 1.93. The summed E-state index contributed by atoms with van der Waals surface area (Å²) >= 11 is 8.86. The van der Waals surface area contributed by atoms with Gasteiger partial charge in [-0.15, -0.1) is 0 Å². The number of rotatable bonds is 2. The molecule has 0 bridgehead atoms. The van der Waals surface area contributed by atoms with E-state index in [-0.39, 0.29) is 0 Å². The normalized spacial score (nSPS) is 15.9. The molecule has 1 aromatic rings. The van der Waals surface area contributed by atoms with Crippen molar-refractivity contribution in [2.75, 3.05) is 5.32 Å². The molecule has 0 unspecified atom stereocenters. The van der Waals surface area contributed by atoms with Crippen molar-refractivity contribution in [1.82, 2.24) is 5.32 Å². The Morgan fingerprint density at radius 3 is 2.71 bits per heavy atom. The molecule has 0 aromatic heterocycles. The first-order chi connectivity index (χ1) is 8.15. The first-order valence-corrected chi connectivity index (χ1v) is 7.19. The summed E-state index contributed by atoms with van der Waals surface area (Å²) in [4.78, 5) is 0. The van der Waals surface area contributed by atoms with Gasteiger partial charge < -0.3 is 10.6 Å². The van der Waals surface area contributed by atoms with Crippen LogP contribution in [0.3, 0.4) is 0 Å². The van der Waals surface area contributed by atoms with Gasteiger partial charge in [-0.25, -0.2) is 0 Å². The molecule has 2 nitrogen and oxygen atoms in total. The Morgan fingerprint density at radius 1 is 1.35 bits per heavy atom. The van der Waals surface area contributed by atoms with E-state index in [0.29, 0.717) is 6.04 Å². The van der Waals surface area contributed by atoms with Crippen molar-refractivity contribution in [2.45, 2.75) is 38.6 Å². The molecule has 0 atom stereocenters. The van der Waals surface area contributed by atoms with Crippen molar-refractivity contribution in [3.63, 3.8) is 0 Å². The molecule has 1 aliphatic rings. The van der Waals surface area contributed by atoms with Gasteiger partial charge >= 0.3 is 0 Å². The van der Waals surface area contributed by atoms with Gasteiger partial charge in [0, 0.05) is 10.5 Å². The molecule has 0 aliphatic heterocycles. The highest BCUT2D eigenvalue weighted by Gasteiger charge is 2.15. The lowest BCUT2D eigenvalue weighted by Gasteiger charge is -2.16. The highest BCUT2D eigenvalue weighted by atomic mass is 79.9. The molecule has 1 aliphatic carbocycles. The summed E-state index contributed by atoms with van der Waals surface area (Å²) in [6, 6.07) is 6.76. The third-order valence-electron chi connectivity index (χ3n) is 3.06. The smallest absolute Gasteiger partial charge is 0.171 e. The molecule has 2 N–H and O–H groups in total. The highest BCUT2D eigenvalue weighted by molar-refractivity contribution is 9.10. The van der Waals surface area contributed by atoms with E-state index >= 15 is 0 Å². The summed E-state index contributed by atoms with van der Waals surface area (Å²) < 4.78 is 1.05. The second kappa shape index (κ2) is 5.83. The number of anilines is 1. The lowest BCUT2D eigenvalue weighted by molar-refractivity contribution is 0.634. The number of halogens is 1. The summed E-state index contributed by atoms with van der Waals surface area (Å²) in [5, 5.41) is 7.33. The third-order valence-corrected chi connectivity index (χ3v) is 3.94. The largest absolute Gasteiger partial charge is 0.360 e. The molecule has 0 radical (unpaired) electrons. The van der Waals surface area contributed by atoms with Crippen LogP contribution in [0.5, 0.6) is 0 Å². The molecule has 1 fully saturated rings. The fourth-order valence-electron chi connectivity index (χ4n) is 2.14. The van der Waals surface area contributed by atoms with Crippen molar-refractivity contribution in [3.8, 4) is 0 Å². The van der Waals surface area contributed by atoms with E-state index < -0.39 is 0 Å². The molecule has 4 heteroatoms. The number of nitrogens with one attached hydrogen (secondary N) is 2. The standard InChI is InChI=1S/C13H17BrN2S/c1-9-6-7-12(11(14)8-9)16-13(17)15-10-4-2-3-5-10/h6-8,10H,2-5H2,1H3,(H2,15,16,17). The van der Waals surface area contributed by atoms with E-state index in [1.807, 2.05) is 6.07 Å². The van der Waals surface area contributed by atoms with Gasteiger partial charge in [0.1, 0.15) is 0 Å².